The Morgan fingerprint density at radius 2 is 1.82 bits per heavy atom. The number of nitrogens with one attached hydrogen (secondary N) is 2. The third kappa shape index (κ3) is 10.6. The Hall–Kier alpha value is -1.14. The molecular formula is C16H32N2O4. The van der Waals surface area contributed by atoms with Gasteiger partial charge in [0, 0.05) is 26.6 Å². The van der Waals surface area contributed by atoms with Crippen molar-refractivity contribution < 1.29 is 19.4 Å². The molecule has 2 atom stereocenters. The summed E-state index contributed by atoms with van der Waals surface area (Å²) in [4.78, 5) is 23.3. The maximum atomic E-state index is 11.9. The molecule has 3 N–H and O–H groups in total. The van der Waals surface area contributed by atoms with Gasteiger partial charge in [-0.15, -0.1) is 0 Å². The minimum Gasteiger partial charge on any atom is -0.390 e. The standard InChI is InChI=1S/C16H32N2O4/c1-12(2)7-5-6-9-17-16(21)13(3)14(19)11-18-15(20)8-10-22-4/h12-14,19H,5-11H2,1-4H3,(H,17,21)(H,18,20)/t13-,14-/m0/s1. The zero-order valence-electron chi connectivity index (χ0n) is 14.4. The lowest BCUT2D eigenvalue weighted by molar-refractivity contribution is -0.129. The van der Waals surface area contributed by atoms with Crippen molar-refractivity contribution in [1.82, 2.24) is 10.6 Å². The van der Waals surface area contributed by atoms with Gasteiger partial charge in [0.2, 0.25) is 11.8 Å². The van der Waals surface area contributed by atoms with Gasteiger partial charge in [0.1, 0.15) is 0 Å². The lowest BCUT2D eigenvalue weighted by Crippen LogP contribution is -2.42. The van der Waals surface area contributed by atoms with Crippen LogP contribution in [0.15, 0.2) is 0 Å². The highest BCUT2D eigenvalue weighted by atomic mass is 16.5. The van der Waals surface area contributed by atoms with Crippen LogP contribution in [-0.2, 0) is 14.3 Å². The van der Waals surface area contributed by atoms with E-state index in [9.17, 15) is 14.7 Å². The number of methoxy groups -OCH3 is 1. The Labute approximate surface area is 134 Å². The number of aliphatic hydroxyl groups excluding tert-OH is 1. The normalized spacial score (nSPS) is 13.7. The summed E-state index contributed by atoms with van der Waals surface area (Å²) in [6.45, 7) is 7.06. The van der Waals surface area contributed by atoms with Crippen LogP contribution in [0, 0.1) is 11.8 Å². The SMILES string of the molecule is COCCC(=O)NC[C@H](O)[C@H](C)C(=O)NCCCCC(C)C. The van der Waals surface area contributed by atoms with Crippen LogP contribution in [0.3, 0.4) is 0 Å². The molecule has 0 rings (SSSR count). The second-order valence-corrected chi connectivity index (χ2v) is 6.08. The summed E-state index contributed by atoms with van der Waals surface area (Å²) in [5.74, 6) is -0.239. The Kier molecular flexibility index (Phi) is 11.8. The summed E-state index contributed by atoms with van der Waals surface area (Å²) < 4.78 is 4.80. The highest BCUT2D eigenvalue weighted by Gasteiger charge is 2.22. The molecule has 6 nitrogen and oxygen atoms in total. The molecule has 0 aliphatic carbocycles. The second kappa shape index (κ2) is 12.4. The van der Waals surface area contributed by atoms with E-state index in [2.05, 4.69) is 24.5 Å². The summed E-state index contributed by atoms with van der Waals surface area (Å²) in [5, 5.41) is 15.4. The molecule has 0 aliphatic heterocycles. The van der Waals surface area contributed by atoms with Gasteiger partial charge >= 0.3 is 0 Å². The fourth-order valence-electron chi connectivity index (χ4n) is 1.90. The minimum absolute atomic E-state index is 0.0739. The molecule has 22 heavy (non-hydrogen) atoms. The van der Waals surface area contributed by atoms with Crippen LogP contribution in [0.1, 0.15) is 46.5 Å². The number of ether oxygens (including phenoxy) is 1. The van der Waals surface area contributed by atoms with Crippen molar-refractivity contribution in [3.05, 3.63) is 0 Å². The predicted molar refractivity (Wildman–Crippen MR) is 86.4 cm³/mol. The van der Waals surface area contributed by atoms with Crippen molar-refractivity contribution in [2.24, 2.45) is 11.8 Å². The van der Waals surface area contributed by atoms with Gasteiger partial charge in [-0.1, -0.05) is 33.6 Å². The average molecular weight is 316 g/mol. The van der Waals surface area contributed by atoms with Gasteiger partial charge in [-0.05, 0) is 12.3 Å². The number of aliphatic hydroxyl groups is 1. The van der Waals surface area contributed by atoms with E-state index >= 15 is 0 Å². The molecule has 0 bridgehead atoms. The van der Waals surface area contributed by atoms with Gasteiger partial charge in [0.25, 0.3) is 0 Å². The maximum Gasteiger partial charge on any atom is 0.225 e. The predicted octanol–water partition coefficient (Wildman–Crippen LogP) is 1.08. The summed E-state index contributed by atoms with van der Waals surface area (Å²) >= 11 is 0. The highest BCUT2D eigenvalue weighted by Crippen LogP contribution is 2.06. The molecule has 0 aromatic carbocycles. The first-order valence-corrected chi connectivity index (χ1v) is 8.09. The van der Waals surface area contributed by atoms with Gasteiger partial charge in [-0.25, -0.2) is 0 Å². The van der Waals surface area contributed by atoms with Crippen molar-refractivity contribution in [1.29, 1.82) is 0 Å². The van der Waals surface area contributed by atoms with Crippen LogP contribution in [0.4, 0.5) is 0 Å². The fraction of sp³-hybridized carbons (Fsp3) is 0.875. The molecule has 130 valence electrons. The molecule has 0 fully saturated rings. The first-order valence-electron chi connectivity index (χ1n) is 8.09. The van der Waals surface area contributed by atoms with Gasteiger partial charge in [-0.3, -0.25) is 9.59 Å². The van der Waals surface area contributed by atoms with E-state index in [1.807, 2.05) is 0 Å². The number of carbonyl (C=O) groups is 2. The molecular weight excluding hydrogens is 284 g/mol. The molecule has 0 aliphatic rings. The van der Waals surface area contributed by atoms with Crippen molar-refractivity contribution in [2.45, 2.75) is 52.6 Å². The first-order chi connectivity index (χ1) is 10.4. The number of rotatable bonds is 12. The Morgan fingerprint density at radius 3 is 2.41 bits per heavy atom. The van der Waals surface area contributed by atoms with Gasteiger partial charge < -0.3 is 20.5 Å². The van der Waals surface area contributed by atoms with Crippen LogP contribution in [0.25, 0.3) is 0 Å². The zero-order chi connectivity index (χ0) is 17.0. The van der Waals surface area contributed by atoms with E-state index < -0.39 is 12.0 Å². The van der Waals surface area contributed by atoms with E-state index in [-0.39, 0.29) is 24.8 Å². The van der Waals surface area contributed by atoms with E-state index in [1.165, 1.54) is 7.11 Å². The van der Waals surface area contributed by atoms with E-state index in [0.717, 1.165) is 19.3 Å². The minimum atomic E-state index is -0.887. The van der Waals surface area contributed by atoms with Crippen LogP contribution < -0.4 is 10.6 Å². The second-order valence-electron chi connectivity index (χ2n) is 6.08. The number of carbonyl (C=O) groups excluding carboxylic acids is 2. The molecule has 0 aromatic heterocycles. The molecule has 0 aromatic rings. The summed E-state index contributed by atoms with van der Waals surface area (Å²) in [5.41, 5.74) is 0. The van der Waals surface area contributed by atoms with E-state index in [4.69, 9.17) is 4.74 Å². The molecule has 6 heteroatoms. The number of unbranched alkanes of at least 4 members (excludes halogenated alkanes) is 1. The largest absolute Gasteiger partial charge is 0.390 e. The van der Waals surface area contributed by atoms with Crippen LogP contribution >= 0.6 is 0 Å². The maximum absolute atomic E-state index is 11.9. The van der Waals surface area contributed by atoms with Crippen molar-refractivity contribution in [2.75, 3.05) is 26.8 Å². The quantitative estimate of drug-likeness (QED) is 0.470. The summed E-state index contributed by atoms with van der Waals surface area (Å²) in [7, 11) is 1.52. The Balaban J connectivity index is 3.84. The molecule has 0 heterocycles. The molecule has 0 radical (unpaired) electrons. The van der Waals surface area contributed by atoms with Crippen molar-refractivity contribution >= 4 is 11.8 Å². The molecule has 0 spiro atoms. The molecule has 0 unspecified atom stereocenters. The zero-order valence-corrected chi connectivity index (χ0v) is 14.4. The Bertz CT molecular complexity index is 321. The van der Waals surface area contributed by atoms with Crippen LogP contribution in [0.5, 0.6) is 0 Å². The van der Waals surface area contributed by atoms with Crippen molar-refractivity contribution in [3.63, 3.8) is 0 Å². The summed E-state index contributed by atoms with van der Waals surface area (Å²) in [6.07, 6.45) is 2.55. The molecule has 2 amide bonds. The van der Waals surface area contributed by atoms with Crippen molar-refractivity contribution in [3.8, 4) is 0 Å². The topological polar surface area (TPSA) is 87.7 Å². The average Bonchev–Trinajstić information content (AvgIpc) is 2.48. The molecule has 0 saturated carbocycles. The first kappa shape index (κ1) is 20.9. The summed E-state index contributed by atoms with van der Waals surface area (Å²) in [6, 6.07) is 0. The van der Waals surface area contributed by atoms with Gasteiger partial charge in [-0.2, -0.15) is 0 Å². The van der Waals surface area contributed by atoms with Gasteiger partial charge in [0.05, 0.1) is 18.6 Å². The lowest BCUT2D eigenvalue weighted by atomic mass is 10.0. The third-order valence-corrected chi connectivity index (χ3v) is 3.54. The van der Waals surface area contributed by atoms with Gasteiger partial charge in [0.15, 0.2) is 0 Å². The fourth-order valence-corrected chi connectivity index (χ4v) is 1.90. The highest BCUT2D eigenvalue weighted by molar-refractivity contribution is 5.79. The van der Waals surface area contributed by atoms with E-state index in [0.29, 0.717) is 19.1 Å². The third-order valence-electron chi connectivity index (χ3n) is 3.54. The number of amides is 2. The number of hydrogen-bond donors (Lipinski definition) is 3. The van der Waals surface area contributed by atoms with Crippen LogP contribution in [-0.4, -0.2) is 49.8 Å². The Morgan fingerprint density at radius 1 is 1.14 bits per heavy atom. The van der Waals surface area contributed by atoms with E-state index in [1.54, 1.807) is 6.92 Å². The number of hydrogen-bond acceptors (Lipinski definition) is 4. The lowest BCUT2D eigenvalue weighted by Gasteiger charge is -2.19. The smallest absolute Gasteiger partial charge is 0.225 e. The van der Waals surface area contributed by atoms with Crippen LogP contribution in [0.2, 0.25) is 0 Å². The monoisotopic (exact) mass is 316 g/mol. The molecule has 0 saturated heterocycles.